The number of nitrogens with zero attached hydrogens (tertiary/aromatic N) is 2. The van der Waals surface area contributed by atoms with E-state index in [0.29, 0.717) is 0 Å². The first kappa shape index (κ1) is 37.3. The first-order valence-electron chi connectivity index (χ1n) is 21.2. The van der Waals surface area contributed by atoms with Crippen LogP contribution in [0.15, 0.2) is 144 Å². The zero-order valence-electron chi connectivity index (χ0n) is 36.2. The van der Waals surface area contributed by atoms with E-state index in [1.807, 2.05) is 0 Å². The van der Waals surface area contributed by atoms with Gasteiger partial charge < -0.3 is 14.1 Å². The number of anilines is 5. The Morgan fingerprint density at radius 2 is 1.14 bits per heavy atom. The van der Waals surface area contributed by atoms with Crippen molar-refractivity contribution in [1.82, 2.24) is 0 Å². The van der Waals surface area contributed by atoms with Crippen molar-refractivity contribution in [1.29, 1.82) is 0 Å². The highest BCUT2D eigenvalue weighted by Gasteiger charge is 2.46. The molecule has 0 amide bonds. The molecule has 2 aliphatic heterocycles. The van der Waals surface area contributed by atoms with Gasteiger partial charge in [0.15, 0.2) is 0 Å². The SMILES string of the molecule is Cc1cc2c3c(c1)N(c1ccc(C(C)(C)C)cc1-c1ccccc1)c1c(ccc4oc5ccccc5c14)B3N(c1ccc(C(C)(C)C)cc1)c1cc(C(C)(C)C)ccc1-2. The van der Waals surface area contributed by atoms with Crippen LogP contribution in [0.25, 0.3) is 44.2 Å². The average Bonchev–Trinajstić information content (AvgIpc) is 3.59. The van der Waals surface area contributed by atoms with E-state index in [0.717, 1.165) is 27.6 Å². The second kappa shape index (κ2) is 13.0. The van der Waals surface area contributed by atoms with Crippen LogP contribution in [0.4, 0.5) is 28.4 Å². The van der Waals surface area contributed by atoms with E-state index in [9.17, 15) is 0 Å². The molecule has 0 spiro atoms. The lowest BCUT2D eigenvalue weighted by atomic mass is 9.43. The summed E-state index contributed by atoms with van der Waals surface area (Å²) in [7, 11) is 0. The summed E-state index contributed by atoms with van der Waals surface area (Å²) >= 11 is 0. The van der Waals surface area contributed by atoms with Crippen LogP contribution in [-0.2, 0) is 16.2 Å². The molecule has 10 rings (SSSR count). The van der Waals surface area contributed by atoms with Crippen LogP contribution in [0, 0.1) is 6.92 Å². The van der Waals surface area contributed by atoms with Gasteiger partial charge in [0.25, 0.3) is 0 Å². The summed E-state index contributed by atoms with van der Waals surface area (Å²) in [6.45, 7) is 22.9. The Balaban J connectivity index is 1.36. The predicted octanol–water partition coefficient (Wildman–Crippen LogP) is 14.2. The van der Waals surface area contributed by atoms with Crippen LogP contribution in [0.5, 0.6) is 0 Å². The molecule has 2 aliphatic rings. The molecule has 4 heteroatoms. The van der Waals surface area contributed by atoms with Crippen LogP contribution in [0.2, 0.25) is 0 Å². The standard InChI is InChI=1S/C55H53BN2O/c1-34-30-43-40-26-22-38(55(8,9)10)33-46(40)58(39-24-20-36(21-25-39)53(2,3)4)56-44-27-29-49-50(41-18-14-15-19-48(41)59-49)52(44)57(47(31-34)51(43)56)45-28-23-37(54(5,6)7)32-42(45)35-16-12-11-13-17-35/h11-33H,1-10H3. The molecule has 0 fully saturated rings. The zero-order valence-corrected chi connectivity index (χ0v) is 36.2. The maximum atomic E-state index is 6.73. The van der Waals surface area contributed by atoms with Crippen molar-refractivity contribution in [3.63, 3.8) is 0 Å². The Morgan fingerprint density at radius 1 is 0.492 bits per heavy atom. The molecule has 3 heterocycles. The van der Waals surface area contributed by atoms with Gasteiger partial charge in [-0.2, -0.15) is 0 Å². The topological polar surface area (TPSA) is 19.6 Å². The minimum atomic E-state index is -0.109. The molecule has 0 bridgehead atoms. The molecule has 0 saturated heterocycles. The normalized spacial score (nSPS) is 13.8. The third kappa shape index (κ3) is 5.94. The van der Waals surface area contributed by atoms with E-state index in [-0.39, 0.29) is 23.1 Å². The van der Waals surface area contributed by atoms with E-state index >= 15 is 0 Å². The fourth-order valence-corrected chi connectivity index (χ4v) is 9.57. The number of aryl methyl sites for hydroxylation is 1. The molecule has 0 aliphatic carbocycles. The quantitative estimate of drug-likeness (QED) is 0.167. The number of hydrogen-bond acceptors (Lipinski definition) is 3. The zero-order chi connectivity index (χ0) is 41.2. The highest BCUT2D eigenvalue weighted by atomic mass is 16.3. The highest BCUT2D eigenvalue weighted by molar-refractivity contribution is 6.94. The Kier molecular flexibility index (Phi) is 8.22. The summed E-state index contributed by atoms with van der Waals surface area (Å²) in [6.07, 6.45) is 0. The van der Waals surface area contributed by atoms with Crippen molar-refractivity contribution in [2.45, 2.75) is 85.5 Å². The van der Waals surface area contributed by atoms with Gasteiger partial charge in [-0.25, -0.2) is 0 Å². The summed E-state index contributed by atoms with van der Waals surface area (Å²) in [5.41, 5.74) is 20.5. The third-order valence-electron chi connectivity index (χ3n) is 12.8. The molecule has 0 unspecified atom stereocenters. The van der Waals surface area contributed by atoms with Crippen molar-refractivity contribution in [2.24, 2.45) is 0 Å². The van der Waals surface area contributed by atoms with E-state index in [1.165, 1.54) is 78.2 Å². The average molecular weight is 769 g/mol. The van der Waals surface area contributed by atoms with Gasteiger partial charge in [-0.05, 0) is 116 Å². The minimum absolute atomic E-state index is 0.0228. The number of benzene rings is 7. The smallest absolute Gasteiger partial charge is 0.333 e. The molecule has 3 nitrogen and oxygen atoms in total. The number of rotatable bonds is 3. The van der Waals surface area contributed by atoms with E-state index in [2.05, 4.69) is 218 Å². The maximum Gasteiger partial charge on any atom is 0.333 e. The van der Waals surface area contributed by atoms with E-state index in [1.54, 1.807) is 0 Å². The van der Waals surface area contributed by atoms with Crippen LogP contribution in [0.3, 0.4) is 0 Å². The molecule has 7 aromatic carbocycles. The van der Waals surface area contributed by atoms with E-state index in [4.69, 9.17) is 4.42 Å². The molecule has 0 N–H and O–H groups in total. The number of para-hydroxylation sites is 1. The number of furan rings is 1. The minimum Gasteiger partial charge on any atom is -0.456 e. The Hall–Kier alpha value is -6.00. The Bertz CT molecular complexity index is 2950. The molecular formula is C55H53BN2O. The van der Waals surface area contributed by atoms with Gasteiger partial charge >= 0.3 is 6.85 Å². The second-order valence-electron chi connectivity index (χ2n) is 20.0. The van der Waals surface area contributed by atoms with Gasteiger partial charge in [-0.3, -0.25) is 0 Å². The molecule has 59 heavy (non-hydrogen) atoms. The van der Waals surface area contributed by atoms with Crippen molar-refractivity contribution >= 4 is 68.1 Å². The first-order chi connectivity index (χ1) is 28.1. The molecule has 292 valence electrons. The highest BCUT2D eigenvalue weighted by Crippen LogP contribution is 2.52. The van der Waals surface area contributed by atoms with Crippen molar-refractivity contribution < 1.29 is 4.42 Å². The molecule has 0 saturated carbocycles. The van der Waals surface area contributed by atoms with Gasteiger partial charge in [0.1, 0.15) is 11.2 Å². The predicted molar refractivity (Wildman–Crippen MR) is 254 cm³/mol. The maximum absolute atomic E-state index is 6.73. The summed E-state index contributed by atoms with van der Waals surface area (Å²) in [6, 6.07) is 52.6. The van der Waals surface area contributed by atoms with Gasteiger partial charge in [-0.1, -0.05) is 153 Å². The van der Waals surface area contributed by atoms with Crippen molar-refractivity contribution in [3.05, 3.63) is 162 Å². The van der Waals surface area contributed by atoms with Crippen LogP contribution in [0.1, 0.15) is 84.6 Å². The van der Waals surface area contributed by atoms with Crippen molar-refractivity contribution in [2.75, 3.05) is 9.71 Å². The summed E-state index contributed by atoms with van der Waals surface area (Å²) < 4.78 is 6.73. The Labute approximate surface area is 350 Å². The van der Waals surface area contributed by atoms with Crippen molar-refractivity contribution in [3.8, 4) is 22.3 Å². The molecule has 0 atom stereocenters. The van der Waals surface area contributed by atoms with Gasteiger partial charge in [-0.15, -0.1) is 0 Å². The molecule has 0 radical (unpaired) electrons. The number of fused-ring (bicyclic) bond motifs is 8. The van der Waals surface area contributed by atoms with Crippen LogP contribution >= 0.6 is 0 Å². The van der Waals surface area contributed by atoms with Gasteiger partial charge in [0.2, 0.25) is 0 Å². The van der Waals surface area contributed by atoms with Gasteiger partial charge in [0.05, 0.1) is 16.8 Å². The lowest BCUT2D eigenvalue weighted by molar-refractivity contribution is 0.590. The van der Waals surface area contributed by atoms with E-state index < -0.39 is 0 Å². The molecule has 1 aromatic heterocycles. The lowest BCUT2D eigenvalue weighted by Crippen LogP contribution is -2.61. The fourth-order valence-electron chi connectivity index (χ4n) is 9.57. The monoisotopic (exact) mass is 768 g/mol. The molecule has 8 aromatic rings. The summed E-state index contributed by atoms with van der Waals surface area (Å²) in [5.74, 6) is 0. The lowest BCUT2D eigenvalue weighted by Gasteiger charge is -2.46. The first-order valence-corrected chi connectivity index (χ1v) is 21.2. The fraction of sp³-hybridized carbons (Fsp3) is 0.236. The third-order valence-corrected chi connectivity index (χ3v) is 12.8. The largest absolute Gasteiger partial charge is 0.456 e. The summed E-state index contributed by atoms with van der Waals surface area (Å²) in [5, 5.41) is 2.27. The second-order valence-corrected chi connectivity index (χ2v) is 20.0. The summed E-state index contributed by atoms with van der Waals surface area (Å²) in [4.78, 5) is 5.23. The molecular weight excluding hydrogens is 715 g/mol. The van der Waals surface area contributed by atoms with Crippen LogP contribution in [-0.4, -0.2) is 6.85 Å². The van der Waals surface area contributed by atoms with Gasteiger partial charge in [0, 0.05) is 33.6 Å². The number of hydrogen-bond donors (Lipinski definition) is 0. The van der Waals surface area contributed by atoms with Crippen LogP contribution < -0.4 is 20.6 Å². The Morgan fingerprint density at radius 3 is 1.85 bits per heavy atom.